The number of benzene rings is 1. The summed E-state index contributed by atoms with van der Waals surface area (Å²) in [6.07, 6.45) is 0.518. The summed E-state index contributed by atoms with van der Waals surface area (Å²) in [6, 6.07) is 3.38. The molecule has 0 aromatic heterocycles. The average Bonchev–Trinajstić information content (AvgIpc) is 2.71. The number of halogens is 2. The molecule has 2 unspecified atom stereocenters. The number of carboxylic acids is 1. The van der Waals surface area contributed by atoms with Crippen molar-refractivity contribution in [3.05, 3.63) is 27.7 Å². The summed E-state index contributed by atoms with van der Waals surface area (Å²) >= 11 is 9.18. The van der Waals surface area contributed by atoms with E-state index in [4.69, 9.17) is 11.6 Å². The van der Waals surface area contributed by atoms with Gasteiger partial charge in [-0.05, 0) is 30.5 Å². The number of rotatable bonds is 3. The van der Waals surface area contributed by atoms with Gasteiger partial charge in [0.05, 0.1) is 5.02 Å². The van der Waals surface area contributed by atoms with Crippen LogP contribution in [-0.2, 0) is 14.8 Å². The van der Waals surface area contributed by atoms with E-state index >= 15 is 0 Å². The molecule has 0 radical (unpaired) electrons. The Hall–Kier alpha value is -0.630. The second-order valence-corrected chi connectivity index (χ2v) is 7.92. The molecule has 2 atom stereocenters. The van der Waals surface area contributed by atoms with Gasteiger partial charge in [0.25, 0.3) is 0 Å². The van der Waals surface area contributed by atoms with Gasteiger partial charge in [0.2, 0.25) is 10.0 Å². The molecule has 0 amide bonds. The highest BCUT2D eigenvalue weighted by atomic mass is 79.9. The van der Waals surface area contributed by atoms with E-state index in [9.17, 15) is 18.3 Å². The van der Waals surface area contributed by atoms with Crippen LogP contribution in [0.15, 0.2) is 27.6 Å². The quantitative estimate of drug-likeness (QED) is 0.872. The molecular formula is C12H13BrClNO4S. The molecule has 1 heterocycles. The highest BCUT2D eigenvalue weighted by molar-refractivity contribution is 9.10. The molecule has 1 aliphatic heterocycles. The number of carbonyl (C=O) groups is 1. The standard InChI is InChI=1S/C12H13BrClNO4S/c1-7-4-5-15(11(7)12(16)17)20(18,19)10-3-2-8(13)6-9(10)14/h2-3,6-7,11H,4-5H2,1H3,(H,16,17). The maximum atomic E-state index is 12.6. The largest absolute Gasteiger partial charge is 0.480 e. The fourth-order valence-corrected chi connectivity index (χ4v) is 5.07. The first-order valence-corrected chi connectivity index (χ1v) is 8.56. The van der Waals surface area contributed by atoms with Crippen molar-refractivity contribution in [2.45, 2.75) is 24.3 Å². The molecule has 1 aromatic rings. The Morgan fingerprint density at radius 2 is 2.15 bits per heavy atom. The van der Waals surface area contributed by atoms with Crippen LogP contribution in [0, 0.1) is 5.92 Å². The van der Waals surface area contributed by atoms with Crippen molar-refractivity contribution in [3.63, 3.8) is 0 Å². The third kappa shape index (κ3) is 2.72. The van der Waals surface area contributed by atoms with Gasteiger partial charge >= 0.3 is 5.97 Å². The molecule has 1 fully saturated rings. The van der Waals surface area contributed by atoms with E-state index in [1.807, 2.05) is 0 Å². The van der Waals surface area contributed by atoms with E-state index in [1.54, 1.807) is 13.0 Å². The Labute approximate surface area is 130 Å². The second-order valence-electron chi connectivity index (χ2n) is 4.74. The van der Waals surface area contributed by atoms with E-state index in [-0.39, 0.29) is 22.4 Å². The van der Waals surface area contributed by atoms with Crippen molar-refractivity contribution < 1.29 is 18.3 Å². The summed E-state index contributed by atoms with van der Waals surface area (Å²) in [4.78, 5) is 11.2. The lowest BCUT2D eigenvalue weighted by molar-refractivity contribution is -0.141. The fourth-order valence-electron chi connectivity index (χ4n) is 2.36. The summed E-state index contributed by atoms with van der Waals surface area (Å²) in [7, 11) is -3.91. The van der Waals surface area contributed by atoms with E-state index in [1.165, 1.54) is 12.1 Å². The van der Waals surface area contributed by atoms with Crippen molar-refractivity contribution in [2.75, 3.05) is 6.54 Å². The van der Waals surface area contributed by atoms with Gasteiger partial charge in [0.15, 0.2) is 0 Å². The Balaban J connectivity index is 2.47. The third-order valence-corrected chi connectivity index (χ3v) is 6.24. The molecule has 5 nitrogen and oxygen atoms in total. The van der Waals surface area contributed by atoms with Gasteiger partial charge in [-0.3, -0.25) is 4.79 Å². The predicted octanol–water partition coefficient (Wildman–Crippen LogP) is 2.59. The minimum atomic E-state index is -3.91. The lowest BCUT2D eigenvalue weighted by Crippen LogP contribution is -2.42. The lowest BCUT2D eigenvalue weighted by Gasteiger charge is -2.23. The van der Waals surface area contributed by atoms with Gasteiger partial charge in [0.1, 0.15) is 10.9 Å². The minimum Gasteiger partial charge on any atom is -0.480 e. The normalized spacial score (nSPS) is 23.9. The molecule has 1 N–H and O–H groups in total. The van der Waals surface area contributed by atoms with Crippen molar-refractivity contribution >= 4 is 43.5 Å². The Morgan fingerprint density at radius 1 is 1.50 bits per heavy atom. The topological polar surface area (TPSA) is 74.7 Å². The van der Waals surface area contributed by atoms with Crippen LogP contribution in [0.25, 0.3) is 0 Å². The van der Waals surface area contributed by atoms with Crippen molar-refractivity contribution in [3.8, 4) is 0 Å². The van der Waals surface area contributed by atoms with Crippen LogP contribution in [-0.4, -0.2) is 36.4 Å². The van der Waals surface area contributed by atoms with Crippen LogP contribution in [0.4, 0.5) is 0 Å². The van der Waals surface area contributed by atoms with Gasteiger partial charge in [-0.25, -0.2) is 8.42 Å². The number of hydrogen-bond donors (Lipinski definition) is 1. The number of sulfonamides is 1. The molecule has 2 rings (SSSR count). The van der Waals surface area contributed by atoms with E-state index < -0.39 is 22.0 Å². The SMILES string of the molecule is CC1CCN(S(=O)(=O)c2ccc(Br)cc2Cl)C1C(=O)O. The predicted molar refractivity (Wildman–Crippen MR) is 78.2 cm³/mol. The molecule has 110 valence electrons. The summed E-state index contributed by atoms with van der Waals surface area (Å²) in [5.41, 5.74) is 0. The van der Waals surface area contributed by atoms with Gasteiger partial charge in [-0.1, -0.05) is 34.5 Å². The molecule has 8 heteroatoms. The van der Waals surface area contributed by atoms with Crippen molar-refractivity contribution in [1.29, 1.82) is 0 Å². The zero-order valence-electron chi connectivity index (χ0n) is 10.6. The average molecular weight is 383 g/mol. The van der Waals surface area contributed by atoms with Crippen LogP contribution in [0.3, 0.4) is 0 Å². The van der Waals surface area contributed by atoms with Crippen molar-refractivity contribution in [1.82, 2.24) is 4.31 Å². The van der Waals surface area contributed by atoms with Gasteiger partial charge in [0, 0.05) is 11.0 Å². The summed E-state index contributed by atoms with van der Waals surface area (Å²) in [5.74, 6) is -1.36. The number of carboxylic acid groups (broad SMARTS) is 1. The van der Waals surface area contributed by atoms with Crippen LogP contribution in [0.5, 0.6) is 0 Å². The molecule has 20 heavy (non-hydrogen) atoms. The first kappa shape index (κ1) is 15.8. The smallest absolute Gasteiger partial charge is 0.322 e. The number of aliphatic carboxylic acids is 1. The van der Waals surface area contributed by atoms with Crippen LogP contribution < -0.4 is 0 Å². The minimum absolute atomic E-state index is 0.0669. The van der Waals surface area contributed by atoms with E-state index in [0.29, 0.717) is 10.9 Å². The maximum Gasteiger partial charge on any atom is 0.322 e. The van der Waals surface area contributed by atoms with E-state index in [2.05, 4.69) is 15.9 Å². The maximum absolute atomic E-state index is 12.6. The van der Waals surface area contributed by atoms with Gasteiger partial charge < -0.3 is 5.11 Å². The number of nitrogens with zero attached hydrogens (tertiary/aromatic N) is 1. The van der Waals surface area contributed by atoms with E-state index in [0.717, 1.165) is 4.31 Å². The number of hydrogen-bond acceptors (Lipinski definition) is 3. The van der Waals surface area contributed by atoms with Crippen LogP contribution in [0.1, 0.15) is 13.3 Å². The summed E-state index contributed by atoms with van der Waals surface area (Å²) in [5, 5.41) is 9.30. The van der Waals surface area contributed by atoms with Crippen LogP contribution in [0.2, 0.25) is 5.02 Å². The zero-order chi connectivity index (χ0) is 15.1. The molecule has 0 bridgehead atoms. The highest BCUT2D eigenvalue weighted by Gasteiger charge is 2.44. The lowest BCUT2D eigenvalue weighted by atomic mass is 10.0. The molecule has 1 saturated heterocycles. The Kier molecular flexibility index (Phi) is 4.44. The first-order valence-electron chi connectivity index (χ1n) is 5.95. The molecule has 0 aliphatic carbocycles. The van der Waals surface area contributed by atoms with Crippen LogP contribution >= 0.6 is 27.5 Å². The third-order valence-electron chi connectivity index (χ3n) is 3.39. The summed E-state index contributed by atoms with van der Waals surface area (Å²) in [6.45, 7) is 1.92. The fraction of sp³-hybridized carbons (Fsp3) is 0.417. The molecular weight excluding hydrogens is 370 g/mol. The second kappa shape index (κ2) is 5.63. The van der Waals surface area contributed by atoms with Gasteiger partial charge in [-0.2, -0.15) is 4.31 Å². The first-order chi connectivity index (χ1) is 9.25. The zero-order valence-corrected chi connectivity index (χ0v) is 13.7. The van der Waals surface area contributed by atoms with Crippen molar-refractivity contribution in [2.24, 2.45) is 5.92 Å². The highest BCUT2D eigenvalue weighted by Crippen LogP contribution is 2.34. The Bertz CT molecular complexity index is 649. The molecule has 0 saturated carbocycles. The molecule has 0 spiro atoms. The van der Waals surface area contributed by atoms with Gasteiger partial charge in [-0.15, -0.1) is 0 Å². The Morgan fingerprint density at radius 3 is 2.70 bits per heavy atom. The molecule has 1 aliphatic rings. The summed E-state index contributed by atoms with van der Waals surface area (Å²) < 4.78 is 26.9. The monoisotopic (exact) mass is 381 g/mol. The molecule has 1 aromatic carbocycles.